The van der Waals surface area contributed by atoms with E-state index < -0.39 is 40.8 Å². The zero-order valence-electron chi connectivity index (χ0n) is 45.4. The number of rotatable bonds is 10. The molecule has 8 aromatic heterocycles. The van der Waals surface area contributed by atoms with Gasteiger partial charge < -0.3 is 15.7 Å². The van der Waals surface area contributed by atoms with E-state index in [4.69, 9.17) is 9.97 Å². The molecule has 442 valence electrons. The lowest BCUT2D eigenvalue weighted by atomic mass is 9.62. The molecule has 19 nitrogen and oxygen atoms in total. The number of Topliss-reactive ketones (excluding diaryl/α,β-unsaturated/α-hetero) is 1. The molecule has 12 aromatic rings. The first-order valence-corrected chi connectivity index (χ1v) is 27.0. The summed E-state index contributed by atoms with van der Waals surface area (Å²) in [4.78, 5) is 62.6. The van der Waals surface area contributed by atoms with Crippen LogP contribution in [0.25, 0.3) is 101 Å². The summed E-state index contributed by atoms with van der Waals surface area (Å²) < 4.78 is 82.2. The zero-order chi connectivity index (χ0) is 61.2. The van der Waals surface area contributed by atoms with E-state index in [-0.39, 0.29) is 38.9 Å². The summed E-state index contributed by atoms with van der Waals surface area (Å²) in [5.74, 6) is -2.64. The molecule has 2 fully saturated rings. The van der Waals surface area contributed by atoms with E-state index >= 15 is 0 Å². The molecule has 0 aliphatic heterocycles. The maximum absolute atomic E-state index is 13.2. The Kier molecular flexibility index (Phi) is 14.5. The molecule has 2 saturated carbocycles. The molecule has 0 bridgehead atoms. The van der Waals surface area contributed by atoms with E-state index in [9.17, 15) is 51.1 Å². The van der Waals surface area contributed by atoms with E-state index in [1.165, 1.54) is 0 Å². The Morgan fingerprint density at radius 2 is 0.921 bits per heavy atom. The Bertz CT molecular complexity index is 4740. The number of pyridine rings is 4. The zero-order valence-corrected chi connectivity index (χ0v) is 45.4. The minimum atomic E-state index is -5.13. The molecule has 3 N–H and O–H groups in total. The van der Waals surface area contributed by atoms with Gasteiger partial charge in [0.05, 0.1) is 39.6 Å². The summed E-state index contributed by atoms with van der Waals surface area (Å²) >= 11 is 0. The van der Waals surface area contributed by atoms with Gasteiger partial charge in [-0.05, 0) is 58.7 Å². The minimum absolute atomic E-state index is 0. The number of benzene rings is 4. The number of hydrogen-bond donors (Lipinski definition) is 3. The first-order valence-electron chi connectivity index (χ1n) is 27.0. The molecule has 0 unspecified atom stereocenters. The first-order chi connectivity index (χ1) is 42.3. The van der Waals surface area contributed by atoms with Crippen LogP contribution in [0.15, 0.2) is 183 Å². The smallest absolute Gasteiger partial charge is 0.375 e. The monoisotopic (exact) mass is 1200 g/mol. The fraction of sp³-hybridized carbons (Fsp3) is 0.156. The highest BCUT2D eigenvalue weighted by Gasteiger charge is 2.58. The van der Waals surface area contributed by atoms with Crippen LogP contribution in [0.5, 0.6) is 0 Å². The molecule has 8 heterocycles. The molecule has 0 saturated heterocycles. The van der Waals surface area contributed by atoms with E-state index in [1.54, 1.807) is 113 Å². The Labute approximate surface area is 499 Å². The topological polar surface area (TPSA) is 257 Å². The standard InChI is InChI=1S/C32H21F3N8O2.C31H20F3N7O2.CH4/c33-32(34,35)29(44)40-31(16-30(45,17-31)18-36)21-9-7-20(8-10-21)25-22(19-5-2-1-3-6-19)15-23-24(39-25)11-14-43-27(23)41-42-28(43)26-37-12-4-13-38-26;32-31(33,34)29(43)38-30(16-21(42)17-30)20-9-7-19(8-10-20)25-22(18-5-2-1-3-6-18)15-23-24(37-25)11-14-41-27(23)39-40-28(41)26-35-12-4-13-36-26;/h1-15,45H,16-17H2,(H,40,44);1-15H,16-17H2,(H,38,43);1H4. The number of aromatic nitrogens is 12. The third-order valence-electron chi connectivity index (χ3n) is 15.5. The van der Waals surface area contributed by atoms with Crippen LogP contribution >= 0.6 is 0 Å². The summed E-state index contributed by atoms with van der Waals surface area (Å²) in [6.45, 7) is 0. The highest BCUT2D eigenvalue weighted by Crippen LogP contribution is 2.49. The van der Waals surface area contributed by atoms with Crippen LogP contribution in [0.2, 0.25) is 0 Å². The molecule has 2 aliphatic rings. The van der Waals surface area contributed by atoms with Gasteiger partial charge in [-0.25, -0.2) is 29.9 Å². The molecule has 4 aromatic carbocycles. The third-order valence-corrected chi connectivity index (χ3v) is 15.5. The largest absolute Gasteiger partial charge is 0.471 e. The third kappa shape index (κ3) is 10.7. The highest BCUT2D eigenvalue weighted by atomic mass is 19.4. The van der Waals surface area contributed by atoms with Crippen molar-refractivity contribution < 1.29 is 45.8 Å². The lowest BCUT2D eigenvalue weighted by molar-refractivity contribution is -0.180. The number of aliphatic hydroxyl groups is 1. The molecule has 2 amide bonds. The Hall–Kier alpha value is -11.3. The second-order valence-corrected chi connectivity index (χ2v) is 21.2. The van der Waals surface area contributed by atoms with Crippen LogP contribution in [0.3, 0.4) is 0 Å². The molecular weight excluding hydrogens is 1160 g/mol. The van der Waals surface area contributed by atoms with Crippen molar-refractivity contribution in [2.24, 2.45) is 0 Å². The van der Waals surface area contributed by atoms with Crippen LogP contribution < -0.4 is 10.6 Å². The SMILES string of the molecule is C.N#CC1(O)CC(NC(=O)C(F)(F)F)(c2ccc(-c3nc4ccn5c(-c6ncccn6)nnc5c4cc3-c3ccccc3)cc2)C1.O=C1CC(NC(=O)C(F)(F)F)(c2ccc(-c3nc4ccn5c(-c6ncccn6)nnc5c4cc3-c3ccccc3)cc2)C1. The van der Waals surface area contributed by atoms with Crippen molar-refractivity contribution in [2.75, 3.05) is 0 Å². The lowest BCUT2D eigenvalue weighted by Crippen LogP contribution is -2.64. The first kappa shape index (κ1) is 58.1. The van der Waals surface area contributed by atoms with Crippen molar-refractivity contribution in [1.29, 1.82) is 5.26 Å². The Morgan fingerprint density at radius 1 is 0.528 bits per heavy atom. The van der Waals surface area contributed by atoms with Gasteiger partial charge in [-0.1, -0.05) is 117 Å². The van der Waals surface area contributed by atoms with Gasteiger partial charge in [0.25, 0.3) is 0 Å². The number of alkyl halides is 6. The number of nitrogens with one attached hydrogen (secondary N) is 2. The van der Waals surface area contributed by atoms with Gasteiger partial charge in [0.1, 0.15) is 5.78 Å². The van der Waals surface area contributed by atoms with Crippen LogP contribution in [-0.2, 0) is 25.5 Å². The van der Waals surface area contributed by atoms with Gasteiger partial charge in [-0.2, -0.15) is 31.6 Å². The van der Waals surface area contributed by atoms with Crippen molar-refractivity contribution in [1.82, 2.24) is 69.7 Å². The highest BCUT2D eigenvalue weighted by molar-refractivity contribution is 6.00. The molecular formula is C64H45F6N15O4. The van der Waals surface area contributed by atoms with Gasteiger partial charge >= 0.3 is 24.2 Å². The predicted molar refractivity (Wildman–Crippen MR) is 313 cm³/mol. The van der Waals surface area contributed by atoms with E-state index in [1.807, 2.05) is 95.6 Å². The minimum Gasteiger partial charge on any atom is -0.375 e. The fourth-order valence-corrected chi connectivity index (χ4v) is 11.3. The number of hydrogen-bond acceptors (Lipinski definition) is 15. The second kappa shape index (κ2) is 22.2. The van der Waals surface area contributed by atoms with Gasteiger partial charge in [-0.3, -0.25) is 23.2 Å². The number of ketones is 1. The fourth-order valence-electron chi connectivity index (χ4n) is 11.3. The van der Waals surface area contributed by atoms with Gasteiger partial charge in [0.2, 0.25) is 11.6 Å². The quantitative estimate of drug-likeness (QED) is 0.0850. The number of nitrogens with zero attached hydrogens (tertiary/aromatic N) is 13. The number of halogens is 6. The maximum atomic E-state index is 13.2. The van der Waals surface area contributed by atoms with Crippen molar-refractivity contribution in [3.63, 3.8) is 0 Å². The number of nitriles is 1. The normalized spacial score (nSPS) is 16.9. The average Bonchev–Trinajstić information content (AvgIpc) is 1.08. The van der Waals surface area contributed by atoms with Crippen molar-refractivity contribution in [3.8, 4) is 74.1 Å². The Morgan fingerprint density at radius 3 is 1.30 bits per heavy atom. The van der Waals surface area contributed by atoms with Gasteiger partial charge in [0, 0.05) is 95.9 Å². The maximum Gasteiger partial charge on any atom is 0.471 e. The molecule has 89 heavy (non-hydrogen) atoms. The predicted octanol–water partition coefficient (Wildman–Crippen LogP) is 10.9. The summed E-state index contributed by atoms with van der Waals surface area (Å²) in [5.41, 5.74) is 4.26. The van der Waals surface area contributed by atoms with E-state index in [0.29, 0.717) is 79.3 Å². The van der Waals surface area contributed by atoms with Crippen LogP contribution in [-0.4, -0.2) is 99.8 Å². The molecule has 0 radical (unpaired) electrons. The lowest BCUT2D eigenvalue weighted by Gasteiger charge is -2.50. The van der Waals surface area contributed by atoms with Crippen molar-refractivity contribution in [3.05, 3.63) is 194 Å². The second-order valence-electron chi connectivity index (χ2n) is 21.2. The van der Waals surface area contributed by atoms with E-state index in [2.05, 4.69) is 40.3 Å². The number of carbonyl (C=O) groups is 3. The van der Waals surface area contributed by atoms with Crippen molar-refractivity contribution in [2.45, 2.75) is 62.1 Å². The van der Waals surface area contributed by atoms with Crippen LogP contribution in [0.1, 0.15) is 44.2 Å². The number of carbonyl (C=O) groups excluding carboxylic acids is 3. The molecule has 0 spiro atoms. The van der Waals surface area contributed by atoms with Crippen molar-refractivity contribution >= 4 is 50.7 Å². The molecule has 14 rings (SSSR count). The summed E-state index contributed by atoms with van der Waals surface area (Å²) in [6, 6.07) is 45.2. The van der Waals surface area contributed by atoms with Crippen LogP contribution in [0.4, 0.5) is 26.3 Å². The Balaban J connectivity index is 0.000000171. The molecule has 0 atom stereocenters. The van der Waals surface area contributed by atoms with Gasteiger partial charge in [-0.15, -0.1) is 20.4 Å². The summed E-state index contributed by atoms with van der Waals surface area (Å²) in [5, 5.41) is 42.6. The molecule has 2 aliphatic carbocycles. The summed E-state index contributed by atoms with van der Waals surface area (Å²) in [7, 11) is 0. The van der Waals surface area contributed by atoms with Crippen LogP contribution in [0, 0.1) is 11.3 Å². The number of amides is 2. The summed E-state index contributed by atoms with van der Waals surface area (Å²) in [6.07, 6.45) is -1.28. The molecule has 25 heteroatoms. The number of fused-ring (bicyclic) bond motifs is 6. The van der Waals surface area contributed by atoms with Gasteiger partial charge in [0.15, 0.2) is 28.5 Å². The average molecular weight is 1200 g/mol. The van der Waals surface area contributed by atoms with E-state index in [0.717, 1.165) is 33.0 Å².